The number of anilines is 1. The standard InChI is InChI=1S/C12H18IN3OS2/c1-6-7(2)19-9(5-18-6)12-15-8(4-17-3)10(13)11(14)16-12/h6-7,9H,4-5H2,1-3H3,(H2,14,15,16). The van der Waals surface area contributed by atoms with Gasteiger partial charge in [-0.3, -0.25) is 0 Å². The van der Waals surface area contributed by atoms with Crippen LogP contribution in [-0.4, -0.2) is 33.3 Å². The molecular formula is C12H18IN3OS2. The molecule has 0 amide bonds. The van der Waals surface area contributed by atoms with Crippen molar-refractivity contribution in [3.8, 4) is 0 Å². The minimum Gasteiger partial charge on any atom is -0.383 e. The first-order chi connectivity index (χ1) is 9.02. The first kappa shape index (κ1) is 15.7. The van der Waals surface area contributed by atoms with E-state index in [1.165, 1.54) is 0 Å². The third-order valence-electron chi connectivity index (χ3n) is 3.08. The quantitative estimate of drug-likeness (QED) is 0.772. The normalized spacial score (nSPS) is 27.5. The number of thioether (sulfide) groups is 2. The molecule has 0 saturated carbocycles. The Morgan fingerprint density at radius 2 is 2.11 bits per heavy atom. The fourth-order valence-corrected chi connectivity index (χ4v) is 5.07. The zero-order valence-corrected chi connectivity index (χ0v) is 15.0. The summed E-state index contributed by atoms with van der Waals surface area (Å²) in [5.74, 6) is 2.46. The van der Waals surface area contributed by atoms with Gasteiger partial charge in [-0.05, 0) is 22.6 Å². The van der Waals surface area contributed by atoms with E-state index < -0.39 is 0 Å². The fourth-order valence-electron chi connectivity index (χ4n) is 1.83. The van der Waals surface area contributed by atoms with Crippen LogP contribution in [0, 0.1) is 3.57 Å². The van der Waals surface area contributed by atoms with Crippen LogP contribution in [0.2, 0.25) is 0 Å². The molecule has 0 radical (unpaired) electrons. The van der Waals surface area contributed by atoms with Gasteiger partial charge in [-0.25, -0.2) is 9.97 Å². The largest absolute Gasteiger partial charge is 0.383 e. The summed E-state index contributed by atoms with van der Waals surface area (Å²) in [5.41, 5.74) is 6.88. The molecule has 3 atom stereocenters. The Labute approximate surface area is 136 Å². The molecule has 1 aromatic heterocycles. The number of hydrogen-bond acceptors (Lipinski definition) is 6. The number of nitrogens with zero attached hydrogens (tertiary/aromatic N) is 2. The van der Waals surface area contributed by atoms with Crippen molar-refractivity contribution >= 4 is 51.9 Å². The Balaban J connectivity index is 2.25. The van der Waals surface area contributed by atoms with Gasteiger partial charge in [0.25, 0.3) is 0 Å². The maximum Gasteiger partial charge on any atom is 0.144 e. The first-order valence-corrected chi connectivity index (χ1v) is 9.17. The lowest BCUT2D eigenvalue weighted by Crippen LogP contribution is -2.23. The monoisotopic (exact) mass is 411 g/mol. The summed E-state index contributed by atoms with van der Waals surface area (Å²) >= 11 is 6.11. The Morgan fingerprint density at radius 1 is 1.37 bits per heavy atom. The van der Waals surface area contributed by atoms with Gasteiger partial charge in [0, 0.05) is 23.4 Å². The van der Waals surface area contributed by atoms with Crippen LogP contribution in [0.25, 0.3) is 0 Å². The summed E-state index contributed by atoms with van der Waals surface area (Å²) < 4.78 is 6.08. The molecule has 1 saturated heterocycles. The highest BCUT2D eigenvalue weighted by molar-refractivity contribution is 14.1. The molecule has 1 aromatic rings. The van der Waals surface area contributed by atoms with Crippen molar-refractivity contribution in [1.29, 1.82) is 0 Å². The number of ether oxygens (including phenoxy) is 1. The molecule has 4 nitrogen and oxygen atoms in total. The minimum absolute atomic E-state index is 0.325. The number of rotatable bonds is 3. The Bertz CT molecular complexity index is 461. The highest BCUT2D eigenvalue weighted by Crippen LogP contribution is 2.43. The number of nitrogen functional groups attached to an aromatic ring is 1. The summed E-state index contributed by atoms with van der Waals surface area (Å²) in [7, 11) is 1.67. The van der Waals surface area contributed by atoms with Gasteiger partial charge in [-0.2, -0.15) is 11.8 Å². The lowest BCUT2D eigenvalue weighted by Gasteiger charge is -2.30. The van der Waals surface area contributed by atoms with Crippen LogP contribution < -0.4 is 5.73 Å². The molecule has 106 valence electrons. The van der Waals surface area contributed by atoms with Gasteiger partial charge in [-0.1, -0.05) is 13.8 Å². The van der Waals surface area contributed by atoms with E-state index >= 15 is 0 Å². The zero-order valence-electron chi connectivity index (χ0n) is 11.2. The highest BCUT2D eigenvalue weighted by Gasteiger charge is 2.29. The number of halogens is 1. The van der Waals surface area contributed by atoms with Crippen LogP contribution in [0.15, 0.2) is 0 Å². The molecule has 1 fully saturated rings. The van der Waals surface area contributed by atoms with Gasteiger partial charge in [0.05, 0.1) is 21.1 Å². The first-order valence-electron chi connectivity index (χ1n) is 6.10. The molecule has 0 spiro atoms. The third-order valence-corrected chi connectivity index (χ3v) is 7.64. The summed E-state index contributed by atoms with van der Waals surface area (Å²) in [6.07, 6.45) is 0. The average Bonchev–Trinajstić information content (AvgIpc) is 2.38. The smallest absolute Gasteiger partial charge is 0.144 e. The van der Waals surface area contributed by atoms with E-state index in [2.05, 4.69) is 46.4 Å². The topological polar surface area (TPSA) is 61.0 Å². The number of nitrogens with two attached hydrogens (primary N) is 1. The van der Waals surface area contributed by atoms with Crippen molar-refractivity contribution in [1.82, 2.24) is 9.97 Å². The lowest BCUT2D eigenvalue weighted by atomic mass is 10.3. The molecule has 19 heavy (non-hydrogen) atoms. The van der Waals surface area contributed by atoms with Crippen molar-refractivity contribution in [3.05, 3.63) is 15.1 Å². The van der Waals surface area contributed by atoms with E-state index in [9.17, 15) is 0 Å². The summed E-state index contributed by atoms with van der Waals surface area (Å²) in [5, 5.41) is 1.62. The second kappa shape index (κ2) is 6.82. The number of aromatic nitrogens is 2. The van der Waals surface area contributed by atoms with Crippen molar-refractivity contribution < 1.29 is 4.74 Å². The Morgan fingerprint density at radius 3 is 2.74 bits per heavy atom. The lowest BCUT2D eigenvalue weighted by molar-refractivity contribution is 0.180. The van der Waals surface area contributed by atoms with Crippen molar-refractivity contribution in [2.45, 2.75) is 36.2 Å². The molecule has 0 bridgehead atoms. The van der Waals surface area contributed by atoms with Crippen LogP contribution in [0.3, 0.4) is 0 Å². The summed E-state index contributed by atoms with van der Waals surface area (Å²) in [4.78, 5) is 9.12. The van der Waals surface area contributed by atoms with E-state index in [1.54, 1.807) is 7.11 Å². The van der Waals surface area contributed by atoms with E-state index in [1.807, 2.05) is 23.5 Å². The van der Waals surface area contributed by atoms with E-state index in [0.717, 1.165) is 20.8 Å². The van der Waals surface area contributed by atoms with Crippen LogP contribution >= 0.6 is 46.1 Å². The molecule has 2 N–H and O–H groups in total. The van der Waals surface area contributed by atoms with Crippen LogP contribution in [0.5, 0.6) is 0 Å². The molecule has 7 heteroatoms. The van der Waals surface area contributed by atoms with Gasteiger partial charge in [0.2, 0.25) is 0 Å². The molecule has 1 aliphatic heterocycles. The summed E-state index contributed by atoms with van der Waals surface area (Å²) in [6.45, 7) is 5.02. The van der Waals surface area contributed by atoms with Crippen LogP contribution in [0.4, 0.5) is 5.82 Å². The van der Waals surface area contributed by atoms with E-state index in [0.29, 0.717) is 28.2 Å². The maximum absolute atomic E-state index is 5.99. The fraction of sp³-hybridized carbons (Fsp3) is 0.667. The van der Waals surface area contributed by atoms with Crippen molar-refractivity contribution in [3.63, 3.8) is 0 Å². The predicted octanol–water partition coefficient (Wildman–Crippen LogP) is 3.11. The SMILES string of the molecule is COCc1nc(C2CSC(C)C(C)S2)nc(N)c1I. The molecule has 3 unspecified atom stereocenters. The molecule has 2 rings (SSSR count). The zero-order chi connectivity index (χ0) is 14.0. The predicted molar refractivity (Wildman–Crippen MR) is 91.6 cm³/mol. The second-order valence-corrected chi connectivity index (χ2v) is 8.60. The van der Waals surface area contributed by atoms with E-state index in [4.69, 9.17) is 10.5 Å². The summed E-state index contributed by atoms with van der Waals surface area (Å²) in [6, 6.07) is 0. The average molecular weight is 411 g/mol. The van der Waals surface area contributed by atoms with Crippen LogP contribution in [-0.2, 0) is 11.3 Å². The number of methoxy groups -OCH3 is 1. The third kappa shape index (κ3) is 3.68. The molecular weight excluding hydrogens is 393 g/mol. The van der Waals surface area contributed by atoms with E-state index in [-0.39, 0.29) is 0 Å². The molecule has 0 aromatic carbocycles. The van der Waals surface area contributed by atoms with Crippen LogP contribution in [0.1, 0.15) is 30.6 Å². The number of hydrogen-bond donors (Lipinski definition) is 1. The van der Waals surface area contributed by atoms with Crippen molar-refractivity contribution in [2.75, 3.05) is 18.6 Å². The molecule has 2 heterocycles. The maximum atomic E-state index is 5.99. The van der Waals surface area contributed by atoms with Gasteiger partial charge in [0.15, 0.2) is 0 Å². The van der Waals surface area contributed by atoms with Crippen molar-refractivity contribution in [2.24, 2.45) is 0 Å². The van der Waals surface area contributed by atoms with Gasteiger partial charge in [-0.15, -0.1) is 11.8 Å². The Hall–Kier alpha value is 0.270. The molecule has 0 aliphatic carbocycles. The second-order valence-electron chi connectivity index (χ2n) is 4.53. The Kier molecular flexibility index (Phi) is 5.62. The molecule has 1 aliphatic rings. The highest BCUT2D eigenvalue weighted by atomic mass is 127. The van der Waals surface area contributed by atoms with Gasteiger partial charge in [0.1, 0.15) is 11.6 Å². The van der Waals surface area contributed by atoms with Gasteiger partial charge < -0.3 is 10.5 Å². The minimum atomic E-state index is 0.325. The van der Waals surface area contributed by atoms with Gasteiger partial charge >= 0.3 is 0 Å².